The highest BCUT2D eigenvalue weighted by Gasteiger charge is 2.21. The number of hydrogen-bond acceptors (Lipinski definition) is 2. The fourth-order valence-electron chi connectivity index (χ4n) is 2.84. The molecule has 1 N–H and O–H groups in total. The van der Waals surface area contributed by atoms with Crippen molar-refractivity contribution in [1.29, 1.82) is 0 Å². The third-order valence-electron chi connectivity index (χ3n) is 4.21. The smallest absolute Gasteiger partial charge is 0.219 e. The summed E-state index contributed by atoms with van der Waals surface area (Å²) in [6.07, 6.45) is 5.17. The molecule has 0 aliphatic carbocycles. The van der Waals surface area contributed by atoms with E-state index in [2.05, 4.69) is 11.4 Å². The fraction of sp³-hybridized carbons (Fsp3) is 0.421. The molecule has 3 nitrogen and oxygen atoms in total. The van der Waals surface area contributed by atoms with Crippen LogP contribution in [0.3, 0.4) is 0 Å². The zero-order valence-electron chi connectivity index (χ0n) is 14.1. The summed E-state index contributed by atoms with van der Waals surface area (Å²) in [5, 5.41) is 3.58. The summed E-state index contributed by atoms with van der Waals surface area (Å²) in [5.41, 5.74) is 3.16. The number of rotatable bonds is 4. The van der Waals surface area contributed by atoms with Crippen LogP contribution in [0.5, 0.6) is 0 Å². The van der Waals surface area contributed by atoms with E-state index in [4.69, 9.17) is 0 Å². The number of para-hydroxylation sites is 1. The molecule has 0 saturated carbocycles. The number of carbonyl (C=O) groups excluding carboxylic acids is 1. The minimum atomic E-state index is -0.202. The summed E-state index contributed by atoms with van der Waals surface area (Å²) in [5.74, 6) is -0.0533. The summed E-state index contributed by atoms with van der Waals surface area (Å²) >= 11 is 0. The van der Waals surface area contributed by atoms with E-state index in [-0.39, 0.29) is 11.7 Å². The van der Waals surface area contributed by atoms with Crippen molar-refractivity contribution in [3.05, 3.63) is 47.8 Å². The van der Waals surface area contributed by atoms with E-state index in [0.717, 1.165) is 42.8 Å². The van der Waals surface area contributed by atoms with Crippen LogP contribution in [0.1, 0.15) is 39.2 Å². The number of nitrogens with one attached hydrogen (secondary N) is 1. The van der Waals surface area contributed by atoms with Crippen molar-refractivity contribution in [2.24, 2.45) is 0 Å². The molecule has 1 aromatic rings. The molecule has 1 aliphatic rings. The van der Waals surface area contributed by atoms with Gasteiger partial charge in [0.15, 0.2) is 0 Å². The first-order valence-electron chi connectivity index (χ1n) is 8.09. The molecule has 0 radical (unpaired) electrons. The van der Waals surface area contributed by atoms with Crippen LogP contribution in [-0.4, -0.2) is 29.9 Å². The predicted octanol–water partition coefficient (Wildman–Crippen LogP) is 4.39. The van der Waals surface area contributed by atoms with Gasteiger partial charge in [-0.3, -0.25) is 4.79 Å². The molecule has 1 aromatic carbocycles. The van der Waals surface area contributed by atoms with Gasteiger partial charge in [0.05, 0.1) is 5.83 Å². The molecule has 1 heterocycles. The number of likely N-dealkylation sites (tertiary alicyclic amines) is 1. The Bertz CT molecular complexity index is 610. The van der Waals surface area contributed by atoms with Crippen LogP contribution in [0.2, 0.25) is 0 Å². The Hall–Kier alpha value is -2.10. The number of amides is 1. The highest BCUT2D eigenvalue weighted by molar-refractivity contribution is 5.76. The Morgan fingerprint density at radius 3 is 2.43 bits per heavy atom. The second kappa shape index (κ2) is 7.95. The van der Waals surface area contributed by atoms with Crippen LogP contribution in [0.4, 0.5) is 10.1 Å². The van der Waals surface area contributed by atoms with Crippen molar-refractivity contribution in [1.82, 2.24) is 4.90 Å². The highest BCUT2D eigenvalue weighted by atomic mass is 19.1. The van der Waals surface area contributed by atoms with Crippen molar-refractivity contribution < 1.29 is 9.18 Å². The third kappa shape index (κ3) is 4.95. The second-order valence-corrected chi connectivity index (χ2v) is 6.07. The summed E-state index contributed by atoms with van der Waals surface area (Å²) in [6, 6.07) is 8.44. The summed E-state index contributed by atoms with van der Waals surface area (Å²) < 4.78 is 12.9. The first-order valence-corrected chi connectivity index (χ1v) is 8.09. The molecule has 0 aromatic heterocycles. The van der Waals surface area contributed by atoms with Gasteiger partial charge in [-0.05, 0) is 44.4 Å². The quantitative estimate of drug-likeness (QED) is 0.836. The molecule has 0 unspecified atom stereocenters. The zero-order chi connectivity index (χ0) is 16.8. The third-order valence-corrected chi connectivity index (χ3v) is 4.21. The lowest BCUT2D eigenvalue weighted by atomic mass is 10.0. The van der Waals surface area contributed by atoms with Gasteiger partial charge in [-0.15, -0.1) is 0 Å². The Morgan fingerprint density at radius 2 is 1.83 bits per heavy atom. The number of benzene rings is 1. The standard InChI is InChI=1S/C19H25FN2O/c1-14(8-9-15(2)20)18-6-4-5-7-19(18)21-17-10-12-22(13-11-17)16(3)23/h4-9,17,21H,10-13H2,1-3H3/b14-8+,15-9+. The molecule has 23 heavy (non-hydrogen) atoms. The van der Waals surface area contributed by atoms with Gasteiger partial charge in [-0.25, -0.2) is 4.39 Å². The maximum Gasteiger partial charge on any atom is 0.219 e. The number of nitrogens with zero attached hydrogens (tertiary/aromatic N) is 1. The van der Waals surface area contributed by atoms with Gasteiger partial charge in [-0.2, -0.15) is 0 Å². The molecule has 0 spiro atoms. The van der Waals surface area contributed by atoms with Crippen molar-refractivity contribution >= 4 is 17.2 Å². The first-order chi connectivity index (χ1) is 11.0. The largest absolute Gasteiger partial charge is 0.382 e. The van der Waals surface area contributed by atoms with Gasteiger partial charge in [0.25, 0.3) is 0 Å². The Balaban J connectivity index is 2.08. The Kier molecular flexibility index (Phi) is 5.97. The topological polar surface area (TPSA) is 32.3 Å². The molecule has 2 rings (SSSR count). The average Bonchev–Trinajstić information content (AvgIpc) is 2.53. The number of hydrogen-bond donors (Lipinski definition) is 1. The molecule has 0 bridgehead atoms. The SMILES string of the molecule is CC(=O)N1CCC(Nc2ccccc2/C(C)=C/C=C(\C)F)CC1. The zero-order valence-corrected chi connectivity index (χ0v) is 14.1. The first kappa shape index (κ1) is 17.3. The van der Waals surface area contributed by atoms with Crippen LogP contribution in [0, 0.1) is 0 Å². The minimum Gasteiger partial charge on any atom is -0.382 e. The second-order valence-electron chi connectivity index (χ2n) is 6.07. The Morgan fingerprint density at radius 1 is 1.17 bits per heavy atom. The van der Waals surface area contributed by atoms with Crippen molar-refractivity contribution in [2.45, 2.75) is 39.7 Å². The summed E-state index contributed by atoms with van der Waals surface area (Å²) in [4.78, 5) is 13.3. The van der Waals surface area contributed by atoms with E-state index in [1.165, 1.54) is 13.0 Å². The lowest BCUT2D eigenvalue weighted by molar-refractivity contribution is -0.129. The van der Waals surface area contributed by atoms with Crippen molar-refractivity contribution in [3.63, 3.8) is 0 Å². The lowest BCUT2D eigenvalue weighted by Gasteiger charge is -2.32. The van der Waals surface area contributed by atoms with Gasteiger partial charge >= 0.3 is 0 Å². The number of allylic oxidation sites excluding steroid dienone is 4. The van der Waals surface area contributed by atoms with Gasteiger partial charge in [0, 0.05) is 37.3 Å². The van der Waals surface area contributed by atoms with E-state index in [0.29, 0.717) is 6.04 Å². The molecular formula is C19H25FN2O. The fourth-order valence-corrected chi connectivity index (χ4v) is 2.84. The molecule has 1 saturated heterocycles. The van der Waals surface area contributed by atoms with E-state index < -0.39 is 0 Å². The Labute approximate surface area is 137 Å². The van der Waals surface area contributed by atoms with Crippen LogP contribution >= 0.6 is 0 Å². The number of carbonyl (C=O) groups is 1. The lowest BCUT2D eigenvalue weighted by Crippen LogP contribution is -2.41. The van der Waals surface area contributed by atoms with Crippen LogP contribution in [0.15, 0.2) is 42.2 Å². The molecule has 1 aliphatic heterocycles. The predicted molar refractivity (Wildman–Crippen MR) is 93.9 cm³/mol. The average molecular weight is 316 g/mol. The van der Waals surface area contributed by atoms with Gasteiger partial charge in [0.2, 0.25) is 5.91 Å². The molecule has 124 valence electrons. The van der Waals surface area contributed by atoms with E-state index >= 15 is 0 Å². The molecular weight excluding hydrogens is 291 g/mol. The van der Waals surface area contributed by atoms with E-state index in [9.17, 15) is 9.18 Å². The highest BCUT2D eigenvalue weighted by Crippen LogP contribution is 2.26. The summed E-state index contributed by atoms with van der Waals surface area (Å²) in [7, 11) is 0. The summed E-state index contributed by atoms with van der Waals surface area (Å²) in [6.45, 7) is 6.65. The molecule has 0 atom stereocenters. The normalized spacial score (nSPS) is 17.3. The van der Waals surface area contributed by atoms with Gasteiger partial charge < -0.3 is 10.2 Å². The molecule has 1 fully saturated rings. The maximum atomic E-state index is 12.9. The monoisotopic (exact) mass is 316 g/mol. The number of halogens is 1. The van der Waals surface area contributed by atoms with E-state index in [1.54, 1.807) is 13.0 Å². The van der Waals surface area contributed by atoms with Crippen LogP contribution < -0.4 is 5.32 Å². The van der Waals surface area contributed by atoms with E-state index in [1.807, 2.05) is 30.0 Å². The minimum absolute atomic E-state index is 0.149. The maximum absolute atomic E-state index is 12.9. The van der Waals surface area contributed by atoms with Crippen molar-refractivity contribution in [3.8, 4) is 0 Å². The number of piperidine rings is 1. The number of anilines is 1. The molecule has 4 heteroatoms. The van der Waals surface area contributed by atoms with Gasteiger partial charge in [0.1, 0.15) is 0 Å². The van der Waals surface area contributed by atoms with Crippen molar-refractivity contribution in [2.75, 3.05) is 18.4 Å². The van der Waals surface area contributed by atoms with Crippen LogP contribution in [-0.2, 0) is 4.79 Å². The van der Waals surface area contributed by atoms with Gasteiger partial charge in [-0.1, -0.05) is 24.3 Å². The molecule has 1 amide bonds. The van der Waals surface area contributed by atoms with Crippen LogP contribution in [0.25, 0.3) is 5.57 Å².